The molecule has 1 aromatic rings. The number of methoxy groups -OCH3 is 1. The summed E-state index contributed by atoms with van der Waals surface area (Å²) in [6, 6.07) is 7.21. The van der Waals surface area contributed by atoms with Crippen molar-refractivity contribution in [3.8, 4) is 12.3 Å². The third-order valence-electron chi connectivity index (χ3n) is 1.79. The number of hydrogen-bond acceptors (Lipinski definition) is 2. The van der Waals surface area contributed by atoms with Gasteiger partial charge in [-0.1, -0.05) is 18.1 Å². The highest BCUT2D eigenvalue weighted by molar-refractivity contribution is 5.34. The Kier molecular flexibility index (Phi) is 3.51. The molecule has 1 N–H and O–H groups in total. The Bertz CT molecular complexity index is 295. The molecule has 0 bridgehead atoms. The molecule has 0 saturated heterocycles. The van der Waals surface area contributed by atoms with E-state index < -0.39 is 6.10 Å². The van der Waals surface area contributed by atoms with Crippen LogP contribution in [0.15, 0.2) is 24.3 Å². The van der Waals surface area contributed by atoms with E-state index in [4.69, 9.17) is 11.2 Å². The molecule has 1 atom stereocenters. The molecule has 0 saturated carbocycles. The highest BCUT2D eigenvalue weighted by Gasteiger charge is 2.05. The molecule has 2 heteroatoms. The number of benzene rings is 1. The predicted molar refractivity (Wildman–Crippen MR) is 51.2 cm³/mol. The van der Waals surface area contributed by atoms with E-state index in [1.165, 1.54) is 0 Å². The Morgan fingerprint density at radius 2 is 2.08 bits per heavy atom. The molecule has 0 aliphatic rings. The van der Waals surface area contributed by atoms with Gasteiger partial charge in [-0.2, -0.15) is 0 Å². The van der Waals surface area contributed by atoms with Crippen LogP contribution < -0.4 is 0 Å². The molecule has 68 valence electrons. The van der Waals surface area contributed by atoms with Gasteiger partial charge in [-0.15, -0.1) is 6.42 Å². The first-order valence-corrected chi connectivity index (χ1v) is 4.01. The summed E-state index contributed by atoms with van der Waals surface area (Å²) in [5, 5.41) is 9.51. The molecule has 0 aliphatic carbocycles. The first-order valence-electron chi connectivity index (χ1n) is 4.01. The third-order valence-corrected chi connectivity index (χ3v) is 1.79. The van der Waals surface area contributed by atoms with Crippen molar-refractivity contribution >= 4 is 0 Å². The maximum Gasteiger partial charge on any atom is 0.102 e. The van der Waals surface area contributed by atoms with Crippen LogP contribution in [-0.2, 0) is 4.74 Å². The van der Waals surface area contributed by atoms with Crippen LogP contribution in [0.2, 0.25) is 0 Å². The van der Waals surface area contributed by atoms with Crippen molar-refractivity contribution in [1.82, 2.24) is 0 Å². The minimum atomic E-state index is -0.572. The van der Waals surface area contributed by atoms with Gasteiger partial charge >= 0.3 is 0 Å². The van der Waals surface area contributed by atoms with Crippen LogP contribution in [0.25, 0.3) is 0 Å². The number of terminal acetylenes is 1. The molecule has 13 heavy (non-hydrogen) atoms. The number of aliphatic hydroxyl groups excluding tert-OH is 1. The summed E-state index contributed by atoms with van der Waals surface area (Å²) in [5.41, 5.74) is 1.63. The fourth-order valence-corrected chi connectivity index (χ4v) is 1.06. The summed E-state index contributed by atoms with van der Waals surface area (Å²) >= 11 is 0. The minimum absolute atomic E-state index is 0.301. The monoisotopic (exact) mass is 176 g/mol. The normalized spacial score (nSPS) is 12.1. The maximum atomic E-state index is 9.51. The summed E-state index contributed by atoms with van der Waals surface area (Å²) in [6.07, 6.45) is 4.63. The Morgan fingerprint density at radius 3 is 2.54 bits per heavy atom. The molecule has 0 aliphatic heterocycles. The van der Waals surface area contributed by atoms with E-state index in [1.54, 1.807) is 31.4 Å². The Hall–Kier alpha value is -1.30. The van der Waals surface area contributed by atoms with E-state index in [-0.39, 0.29) is 0 Å². The molecular weight excluding hydrogens is 164 g/mol. The van der Waals surface area contributed by atoms with E-state index >= 15 is 0 Å². The molecular formula is C11H12O2. The van der Waals surface area contributed by atoms with Crippen LogP contribution in [0.1, 0.15) is 17.2 Å². The van der Waals surface area contributed by atoms with Crippen molar-refractivity contribution < 1.29 is 9.84 Å². The Balaban J connectivity index is 2.75. The lowest BCUT2D eigenvalue weighted by molar-refractivity contribution is 0.0644. The fraction of sp³-hybridized carbons (Fsp3) is 0.273. The van der Waals surface area contributed by atoms with Crippen molar-refractivity contribution in [3.05, 3.63) is 35.4 Å². The first kappa shape index (κ1) is 9.79. The number of rotatable bonds is 3. The summed E-state index contributed by atoms with van der Waals surface area (Å²) < 4.78 is 4.82. The van der Waals surface area contributed by atoms with Crippen molar-refractivity contribution in [2.24, 2.45) is 0 Å². The molecule has 0 spiro atoms. The van der Waals surface area contributed by atoms with Crippen molar-refractivity contribution in [2.75, 3.05) is 13.7 Å². The standard InChI is InChI=1S/C11H12O2/c1-3-9-4-6-10(7-5-9)11(12)8-13-2/h1,4-7,11-12H,8H2,2H3. The quantitative estimate of drug-likeness (QED) is 0.704. The second-order valence-corrected chi connectivity index (χ2v) is 2.74. The lowest BCUT2D eigenvalue weighted by Crippen LogP contribution is -2.04. The van der Waals surface area contributed by atoms with Gasteiger partial charge < -0.3 is 9.84 Å². The molecule has 1 aromatic carbocycles. The summed E-state index contributed by atoms with van der Waals surface area (Å²) in [4.78, 5) is 0. The van der Waals surface area contributed by atoms with Crippen molar-refractivity contribution in [2.45, 2.75) is 6.10 Å². The highest BCUT2D eigenvalue weighted by Crippen LogP contribution is 2.13. The second kappa shape index (κ2) is 4.66. The van der Waals surface area contributed by atoms with Gasteiger partial charge in [0.25, 0.3) is 0 Å². The zero-order valence-electron chi connectivity index (χ0n) is 7.53. The molecule has 1 rings (SSSR count). The van der Waals surface area contributed by atoms with Crippen LogP contribution in [0.5, 0.6) is 0 Å². The SMILES string of the molecule is C#Cc1ccc(C(O)COC)cc1. The van der Waals surface area contributed by atoms with Gasteiger partial charge in [-0.05, 0) is 17.7 Å². The molecule has 0 aromatic heterocycles. The second-order valence-electron chi connectivity index (χ2n) is 2.74. The average Bonchev–Trinajstić information content (AvgIpc) is 2.18. The van der Waals surface area contributed by atoms with Crippen LogP contribution in [0, 0.1) is 12.3 Å². The lowest BCUT2D eigenvalue weighted by Gasteiger charge is -2.08. The van der Waals surface area contributed by atoms with E-state index in [1.807, 2.05) is 0 Å². The third kappa shape index (κ3) is 2.59. The Labute approximate surface area is 78.2 Å². The average molecular weight is 176 g/mol. The number of aliphatic hydroxyl groups is 1. The number of ether oxygens (including phenoxy) is 1. The van der Waals surface area contributed by atoms with Crippen LogP contribution >= 0.6 is 0 Å². The maximum absolute atomic E-state index is 9.51. The fourth-order valence-electron chi connectivity index (χ4n) is 1.06. The van der Waals surface area contributed by atoms with E-state index in [0.29, 0.717) is 6.61 Å². The van der Waals surface area contributed by atoms with E-state index in [9.17, 15) is 5.11 Å². The molecule has 0 amide bonds. The van der Waals surface area contributed by atoms with Gasteiger partial charge in [0.2, 0.25) is 0 Å². The molecule has 0 radical (unpaired) electrons. The van der Waals surface area contributed by atoms with Crippen molar-refractivity contribution in [3.63, 3.8) is 0 Å². The van der Waals surface area contributed by atoms with Gasteiger partial charge in [0, 0.05) is 12.7 Å². The highest BCUT2D eigenvalue weighted by atomic mass is 16.5. The van der Waals surface area contributed by atoms with Gasteiger partial charge in [0.05, 0.1) is 6.61 Å². The van der Waals surface area contributed by atoms with Gasteiger partial charge in [-0.3, -0.25) is 0 Å². The van der Waals surface area contributed by atoms with Gasteiger partial charge in [0.15, 0.2) is 0 Å². The summed E-state index contributed by atoms with van der Waals surface area (Å²) in [5.74, 6) is 2.51. The predicted octanol–water partition coefficient (Wildman–Crippen LogP) is 1.35. The van der Waals surface area contributed by atoms with Gasteiger partial charge in [0.1, 0.15) is 6.10 Å². The van der Waals surface area contributed by atoms with E-state index in [0.717, 1.165) is 11.1 Å². The molecule has 0 fully saturated rings. The zero-order valence-corrected chi connectivity index (χ0v) is 7.53. The molecule has 0 heterocycles. The Morgan fingerprint density at radius 1 is 1.46 bits per heavy atom. The van der Waals surface area contributed by atoms with E-state index in [2.05, 4.69) is 5.92 Å². The van der Waals surface area contributed by atoms with Crippen LogP contribution in [-0.4, -0.2) is 18.8 Å². The van der Waals surface area contributed by atoms with Crippen LogP contribution in [0.3, 0.4) is 0 Å². The number of hydrogen-bond donors (Lipinski definition) is 1. The van der Waals surface area contributed by atoms with Crippen molar-refractivity contribution in [1.29, 1.82) is 0 Å². The minimum Gasteiger partial charge on any atom is -0.386 e. The topological polar surface area (TPSA) is 29.5 Å². The first-order chi connectivity index (χ1) is 6.27. The molecule has 1 unspecified atom stereocenters. The largest absolute Gasteiger partial charge is 0.386 e. The lowest BCUT2D eigenvalue weighted by atomic mass is 10.1. The molecule has 2 nitrogen and oxygen atoms in total. The smallest absolute Gasteiger partial charge is 0.102 e. The summed E-state index contributed by atoms with van der Waals surface area (Å²) in [7, 11) is 1.55. The summed E-state index contributed by atoms with van der Waals surface area (Å²) in [6.45, 7) is 0.301. The van der Waals surface area contributed by atoms with Gasteiger partial charge in [-0.25, -0.2) is 0 Å². The zero-order chi connectivity index (χ0) is 9.68. The van der Waals surface area contributed by atoms with Crippen LogP contribution in [0.4, 0.5) is 0 Å².